The molecule has 0 aliphatic heterocycles. The van der Waals surface area contributed by atoms with E-state index < -0.39 is 0 Å². The molecule has 2 aromatic rings. The molecule has 0 amide bonds. The van der Waals surface area contributed by atoms with Gasteiger partial charge in [-0.15, -0.1) is 0 Å². The number of nitrogens with one attached hydrogen (secondary N) is 1. The van der Waals surface area contributed by atoms with E-state index >= 15 is 0 Å². The topological polar surface area (TPSA) is 69.7 Å². The van der Waals surface area contributed by atoms with Crippen LogP contribution >= 0.6 is 0 Å². The second kappa shape index (κ2) is 5.09. The highest BCUT2D eigenvalue weighted by Gasteiger charge is 2.16. The van der Waals surface area contributed by atoms with Gasteiger partial charge in [-0.25, -0.2) is 5.90 Å². The standard InChI is InChI=1S/C11H14N2O3/c1-14-13-9(7-15-12)11-6-8-4-2-3-5-10(8)16-11/h2-6,9,13H,7,12H2,1H3/t9-/m1/s1. The molecule has 1 atom stereocenters. The molecule has 86 valence electrons. The highest BCUT2D eigenvalue weighted by atomic mass is 16.6. The molecule has 1 heterocycles. The van der Waals surface area contributed by atoms with Gasteiger partial charge in [0.25, 0.3) is 0 Å². The summed E-state index contributed by atoms with van der Waals surface area (Å²) in [5, 5.41) is 1.04. The fraction of sp³-hybridized carbons (Fsp3) is 0.273. The van der Waals surface area contributed by atoms with E-state index in [1.54, 1.807) is 0 Å². The van der Waals surface area contributed by atoms with Crippen molar-refractivity contribution in [1.29, 1.82) is 0 Å². The van der Waals surface area contributed by atoms with Gasteiger partial charge in [-0.05, 0) is 12.1 Å². The van der Waals surface area contributed by atoms with Crippen molar-refractivity contribution in [3.63, 3.8) is 0 Å². The van der Waals surface area contributed by atoms with Crippen LogP contribution in [0, 0.1) is 0 Å². The number of rotatable bonds is 5. The summed E-state index contributed by atoms with van der Waals surface area (Å²) in [6, 6.07) is 9.49. The molecule has 1 aromatic heterocycles. The normalized spacial score (nSPS) is 13.1. The summed E-state index contributed by atoms with van der Waals surface area (Å²) in [6.07, 6.45) is 0. The summed E-state index contributed by atoms with van der Waals surface area (Å²) in [6.45, 7) is 0.271. The van der Waals surface area contributed by atoms with E-state index in [0.717, 1.165) is 16.7 Å². The predicted octanol–water partition coefficient (Wildman–Crippen LogP) is 1.52. The van der Waals surface area contributed by atoms with Crippen LogP contribution in [0.5, 0.6) is 0 Å². The van der Waals surface area contributed by atoms with Crippen molar-refractivity contribution < 1.29 is 14.1 Å². The molecule has 0 aliphatic carbocycles. The number of hydroxylamine groups is 1. The molecule has 0 bridgehead atoms. The maximum atomic E-state index is 5.66. The smallest absolute Gasteiger partial charge is 0.134 e. The average Bonchev–Trinajstić information content (AvgIpc) is 2.72. The highest BCUT2D eigenvalue weighted by Crippen LogP contribution is 2.23. The molecule has 0 spiro atoms. The molecule has 16 heavy (non-hydrogen) atoms. The van der Waals surface area contributed by atoms with Crippen LogP contribution in [-0.4, -0.2) is 13.7 Å². The quantitative estimate of drug-likeness (QED) is 0.750. The number of nitrogens with two attached hydrogens (primary N) is 1. The van der Waals surface area contributed by atoms with Gasteiger partial charge in [0.1, 0.15) is 17.4 Å². The third-order valence-corrected chi connectivity index (χ3v) is 2.31. The fourth-order valence-corrected chi connectivity index (χ4v) is 1.59. The Morgan fingerprint density at radius 2 is 2.25 bits per heavy atom. The van der Waals surface area contributed by atoms with Crippen LogP contribution in [0.15, 0.2) is 34.7 Å². The van der Waals surface area contributed by atoms with Crippen LogP contribution in [0.3, 0.4) is 0 Å². The van der Waals surface area contributed by atoms with E-state index in [4.69, 9.17) is 15.2 Å². The van der Waals surface area contributed by atoms with Crippen LogP contribution in [0.1, 0.15) is 11.8 Å². The number of fused-ring (bicyclic) bond motifs is 1. The van der Waals surface area contributed by atoms with Gasteiger partial charge in [0.05, 0.1) is 13.7 Å². The van der Waals surface area contributed by atoms with Gasteiger partial charge in [-0.1, -0.05) is 18.2 Å². The third-order valence-electron chi connectivity index (χ3n) is 2.31. The van der Waals surface area contributed by atoms with Gasteiger partial charge in [-0.2, -0.15) is 5.48 Å². The molecule has 0 saturated heterocycles. The van der Waals surface area contributed by atoms with Crippen molar-refractivity contribution in [1.82, 2.24) is 5.48 Å². The summed E-state index contributed by atoms with van der Waals surface area (Å²) in [4.78, 5) is 9.47. The van der Waals surface area contributed by atoms with E-state index in [-0.39, 0.29) is 12.6 Å². The van der Waals surface area contributed by atoms with Crippen LogP contribution in [0.25, 0.3) is 11.0 Å². The molecule has 3 N–H and O–H groups in total. The molecular formula is C11H14N2O3. The van der Waals surface area contributed by atoms with Crippen molar-refractivity contribution >= 4 is 11.0 Å². The maximum Gasteiger partial charge on any atom is 0.134 e. The van der Waals surface area contributed by atoms with Gasteiger partial charge in [-0.3, -0.25) is 0 Å². The molecule has 0 fully saturated rings. The highest BCUT2D eigenvalue weighted by molar-refractivity contribution is 5.77. The lowest BCUT2D eigenvalue weighted by Crippen LogP contribution is -2.25. The summed E-state index contributed by atoms with van der Waals surface area (Å²) in [5.41, 5.74) is 3.59. The summed E-state index contributed by atoms with van der Waals surface area (Å²) in [7, 11) is 1.53. The Hall–Kier alpha value is -1.40. The zero-order valence-corrected chi connectivity index (χ0v) is 8.97. The monoisotopic (exact) mass is 222 g/mol. The Balaban J connectivity index is 2.29. The van der Waals surface area contributed by atoms with Crippen LogP contribution < -0.4 is 11.4 Å². The molecule has 0 radical (unpaired) electrons. The Labute approximate surface area is 93.0 Å². The van der Waals surface area contributed by atoms with E-state index in [1.807, 2.05) is 30.3 Å². The first kappa shape index (κ1) is 11.1. The van der Waals surface area contributed by atoms with Crippen LogP contribution in [0.2, 0.25) is 0 Å². The van der Waals surface area contributed by atoms with Gasteiger partial charge >= 0.3 is 0 Å². The molecule has 0 saturated carbocycles. The van der Waals surface area contributed by atoms with Gasteiger partial charge in [0.2, 0.25) is 0 Å². The second-order valence-electron chi connectivity index (χ2n) is 3.39. The van der Waals surface area contributed by atoms with Crippen molar-refractivity contribution in [3.8, 4) is 0 Å². The average molecular weight is 222 g/mol. The number of para-hydroxylation sites is 1. The predicted molar refractivity (Wildman–Crippen MR) is 59.2 cm³/mol. The first-order valence-electron chi connectivity index (χ1n) is 4.94. The van der Waals surface area contributed by atoms with E-state index in [9.17, 15) is 0 Å². The Kier molecular flexibility index (Phi) is 3.53. The first-order valence-corrected chi connectivity index (χ1v) is 4.94. The van der Waals surface area contributed by atoms with Crippen LogP contribution in [0.4, 0.5) is 0 Å². The Bertz CT molecular complexity index is 416. The lowest BCUT2D eigenvalue weighted by atomic mass is 10.2. The summed E-state index contributed by atoms with van der Waals surface area (Å²) >= 11 is 0. The molecule has 1 aromatic carbocycles. The lowest BCUT2D eigenvalue weighted by Gasteiger charge is -2.12. The molecule has 2 rings (SSSR count). The summed E-state index contributed by atoms with van der Waals surface area (Å²) < 4.78 is 5.66. The van der Waals surface area contributed by atoms with Crippen molar-refractivity contribution in [3.05, 3.63) is 36.1 Å². The van der Waals surface area contributed by atoms with Crippen LogP contribution in [-0.2, 0) is 9.68 Å². The molecular weight excluding hydrogens is 208 g/mol. The maximum absolute atomic E-state index is 5.66. The Morgan fingerprint density at radius 1 is 1.44 bits per heavy atom. The van der Waals surface area contributed by atoms with Crippen molar-refractivity contribution in [2.45, 2.75) is 6.04 Å². The van der Waals surface area contributed by atoms with E-state index in [2.05, 4.69) is 10.3 Å². The van der Waals surface area contributed by atoms with Crippen molar-refractivity contribution in [2.24, 2.45) is 5.90 Å². The molecule has 5 heteroatoms. The third kappa shape index (κ3) is 2.23. The van der Waals surface area contributed by atoms with Gasteiger partial charge in [0.15, 0.2) is 0 Å². The molecule has 0 unspecified atom stereocenters. The first-order chi connectivity index (χ1) is 7.85. The molecule has 5 nitrogen and oxygen atoms in total. The Morgan fingerprint density at radius 3 is 2.94 bits per heavy atom. The van der Waals surface area contributed by atoms with Gasteiger partial charge in [0, 0.05) is 5.39 Å². The minimum atomic E-state index is -0.220. The van der Waals surface area contributed by atoms with E-state index in [0.29, 0.717) is 0 Å². The second-order valence-corrected chi connectivity index (χ2v) is 3.39. The minimum Gasteiger partial charge on any atom is -0.459 e. The lowest BCUT2D eigenvalue weighted by molar-refractivity contribution is 0.0102. The van der Waals surface area contributed by atoms with Gasteiger partial charge < -0.3 is 14.1 Å². The summed E-state index contributed by atoms with van der Waals surface area (Å²) in [5.74, 6) is 5.78. The molecule has 0 aliphatic rings. The number of furan rings is 1. The van der Waals surface area contributed by atoms with Crippen molar-refractivity contribution in [2.75, 3.05) is 13.7 Å². The fourth-order valence-electron chi connectivity index (χ4n) is 1.59. The number of hydrogen-bond donors (Lipinski definition) is 2. The minimum absolute atomic E-state index is 0.220. The number of benzene rings is 1. The largest absolute Gasteiger partial charge is 0.459 e. The SMILES string of the molecule is CON[C@H](CON)c1cc2ccccc2o1. The number of hydrogen-bond acceptors (Lipinski definition) is 5. The zero-order valence-electron chi connectivity index (χ0n) is 8.97. The zero-order chi connectivity index (χ0) is 11.4. The van der Waals surface area contributed by atoms with E-state index in [1.165, 1.54) is 7.11 Å².